The van der Waals surface area contributed by atoms with Crippen molar-refractivity contribution in [1.82, 2.24) is 5.32 Å². The average Bonchev–Trinajstić information content (AvgIpc) is 2.95. The van der Waals surface area contributed by atoms with Gasteiger partial charge in [-0.1, -0.05) is 29.3 Å². The second-order valence-corrected chi connectivity index (χ2v) is 6.03. The number of hydrogen-bond acceptors (Lipinski definition) is 4. The molecule has 0 spiro atoms. The van der Waals surface area contributed by atoms with E-state index in [0.717, 1.165) is 5.56 Å². The maximum atomic E-state index is 12.2. The summed E-state index contributed by atoms with van der Waals surface area (Å²) in [5, 5.41) is 3.64. The number of carbonyl (C=O) groups excluding carboxylic acids is 1. The molecular weight excluding hydrogens is 363 g/mol. The zero-order valence-electron chi connectivity index (χ0n) is 13.5. The molecule has 0 saturated carbocycles. The molecule has 1 aliphatic heterocycles. The lowest BCUT2D eigenvalue weighted by molar-refractivity contribution is -0.115. The molecule has 25 heavy (non-hydrogen) atoms. The largest absolute Gasteiger partial charge is 0.493 e. The first kappa shape index (κ1) is 17.3. The van der Waals surface area contributed by atoms with E-state index >= 15 is 0 Å². The van der Waals surface area contributed by atoms with Crippen LogP contribution in [-0.2, 0) is 4.79 Å². The van der Waals surface area contributed by atoms with Gasteiger partial charge in [0, 0.05) is 10.6 Å². The fourth-order valence-electron chi connectivity index (χ4n) is 2.38. The summed E-state index contributed by atoms with van der Waals surface area (Å²) in [6.45, 7) is 0. The minimum absolute atomic E-state index is 0.272. The van der Waals surface area contributed by atoms with Crippen LogP contribution >= 0.6 is 23.2 Å². The number of hydrogen-bond donors (Lipinski definition) is 1. The van der Waals surface area contributed by atoms with Gasteiger partial charge in [-0.05, 0) is 42.0 Å². The minimum Gasteiger partial charge on any atom is -0.493 e. The fourth-order valence-corrected chi connectivity index (χ4v) is 2.88. The number of halogens is 2. The fraction of sp³-hybridized carbons (Fsp3) is 0.111. The lowest BCUT2D eigenvalue weighted by Gasteiger charge is -2.07. The molecule has 0 saturated heterocycles. The van der Waals surface area contributed by atoms with Crippen LogP contribution in [0.15, 0.2) is 47.1 Å². The molecule has 0 unspecified atom stereocenters. The highest BCUT2D eigenvalue weighted by molar-refractivity contribution is 6.37. The summed E-state index contributed by atoms with van der Waals surface area (Å²) in [5.41, 5.74) is 1.64. The topological polar surface area (TPSA) is 59.9 Å². The van der Waals surface area contributed by atoms with Crippen LogP contribution in [0.25, 0.3) is 6.08 Å². The molecule has 2 aromatic carbocycles. The predicted molar refractivity (Wildman–Crippen MR) is 98.7 cm³/mol. The zero-order valence-corrected chi connectivity index (χ0v) is 15.0. The minimum atomic E-state index is -0.309. The lowest BCUT2D eigenvalue weighted by Crippen LogP contribution is -2.24. The SMILES string of the molecule is COc1ccc(C=C2N=C(c3ccc(Cl)cc3Cl)NC2=O)cc1OC. The van der Waals surface area contributed by atoms with Gasteiger partial charge in [-0.15, -0.1) is 0 Å². The highest BCUT2D eigenvalue weighted by atomic mass is 35.5. The van der Waals surface area contributed by atoms with Crippen LogP contribution in [0.4, 0.5) is 0 Å². The van der Waals surface area contributed by atoms with Crippen LogP contribution in [-0.4, -0.2) is 26.0 Å². The standard InChI is InChI=1S/C18H14Cl2N2O3/c1-24-15-6-3-10(8-16(15)25-2)7-14-18(23)22-17(21-14)12-5-4-11(19)9-13(12)20/h3-9H,1-2H3,(H,21,22,23). The molecule has 128 valence electrons. The molecule has 0 bridgehead atoms. The van der Waals surface area contributed by atoms with E-state index in [2.05, 4.69) is 10.3 Å². The summed E-state index contributed by atoms with van der Waals surface area (Å²) in [7, 11) is 3.11. The quantitative estimate of drug-likeness (QED) is 0.822. The van der Waals surface area contributed by atoms with E-state index in [1.54, 1.807) is 50.6 Å². The average molecular weight is 377 g/mol. The number of amidine groups is 1. The number of rotatable bonds is 4. The van der Waals surface area contributed by atoms with Gasteiger partial charge in [0.1, 0.15) is 11.5 Å². The first-order valence-corrected chi connectivity index (χ1v) is 8.06. The summed E-state index contributed by atoms with van der Waals surface area (Å²) in [5.74, 6) is 1.26. The number of nitrogens with zero attached hydrogens (tertiary/aromatic N) is 1. The van der Waals surface area contributed by atoms with Crippen molar-refractivity contribution in [2.75, 3.05) is 14.2 Å². The van der Waals surface area contributed by atoms with Crippen LogP contribution in [0, 0.1) is 0 Å². The third-order valence-corrected chi connectivity index (χ3v) is 4.14. The number of carbonyl (C=O) groups is 1. The van der Waals surface area contributed by atoms with Gasteiger partial charge in [-0.3, -0.25) is 4.79 Å². The summed E-state index contributed by atoms with van der Waals surface area (Å²) in [4.78, 5) is 16.5. The van der Waals surface area contributed by atoms with E-state index < -0.39 is 0 Å². The van der Waals surface area contributed by atoms with Gasteiger partial charge < -0.3 is 14.8 Å². The van der Waals surface area contributed by atoms with Crippen molar-refractivity contribution in [1.29, 1.82) is 0 Å². The van der Waals surface area contributed by atoms with Crippen LogP contribution in [0.1, 0.15) is 11.1 Å². The lowest BCUT2D eigenvalue weighted by atomic mass is 10.1. The predicted octanol–water partition coefficient (Wildman–Crippen LogP) is 3.93. The molecule has 1 aliphatic rings. The van der Waals surface area contributed by atoms with Crippen LogP contribution in [0.3, 0.4) is 0 Å². The van der Waals surface area contributed by atoms with E-state index in [0.29, 0.717) is 32.9 Å². The van der Waals surface area contributed by atoms with E-state index in [1.165, 1.54) is 0 Å². The van der Waals surface area contributed by atoms with Gasteiger partial charge in [-0.2, -0.15) is 0 Å². The Labute approximate surface area is 154 Å². The molecule has 5 nitrogen and oxygen atoms in total. The van der Waals surface area contributed by atoms with Crippen molar-refractivity contribution in [2.45, 2.75) is 0 Å². The Morgan fingerprint density at radius 2 is 1.80 bits per heavy atom. The Morgan fingerprint density at radius 3 is 2.48 bits per heavy atom. The monoisotopic (exact) mass is 376 g/mol. The molecule has 1 N–H and O–H groups in total. The van der Waals surface area contributed by atoms with Crippen LogP contribution < -0.4 is 14.8 Å². The molecular formula is C18H14Cl2N2O3. The van der Waals surface area contributed by atoms with Gasteiger partial charge >= 0.3 is 0 Å². The van der Waals surface area contributed by atoms with E-state index in [9.17, 15) is 4.79 Å². The van der Waals surface area contributed by atoms with Gasteiger partial charge in [0.2, 0.25) is 0 Å². The Balaban J connectivity index is 1.96. The van der Waals surface area contributed by atoms with Crippen molar-refractivity contribution >= 4 is 41.0 Å². The molecule has 2 aromatic rings. The molecule has 0 aliphatic carbocycles. The Bertz CT molecular complexity index is 907. The number of benzene rings is 2. The molecule has 0 aromatic heterocycles. The van der Waals surface area contributed by atoms with E-state index in [-0.39, 0.29) is 11.6 Å². The van der Waals surface area contributed by atoms with Gasteiger partial charge in [0.15, 0.2) is 11.5 Å². The third kappa shape index (κ3) is 3.62. The zero-order chi connectivity index (χ0) is 18.0. The van der Waals surface area contributed by atoms with Crippen LogP contribution in [0.2, 0.25) is 10.0 Å². The van der Waals surface area contributed by atoms with Gasteiger partial charge in [0.05, 0.1) is 19.2 Å². The second-order valence-electron chi connectivity index (χ2n) is 5.18. The Kier molecular flexibility index (Phi) is 4.97. The molecule has 0 atom stereocenters. The third-order valence-electron chi connectivity index (χ3n) is 3.59. The van der Waals surface area contributed by atoms with E-state index in [1.807, 2.05) is 6.07 Å². The molecule has 0 radical (unpaired) electrons. The number of methoxy groups -OCH3 is 2. The highest BCUT2D eigenvalue weighted by Crippen LogP contribution is 2.29. The maximum Gasteiger partial charge on any atom is 0.275 e. The maximum absolute atomic E-state index is 12.2. The first-order chi connectivity index (χ1) is 12.0. The van der Waals surface area contributed by atoms with Crippen molar-refractivity contribution in [2.24, 2.45) is 4.99 Å². The Hall–Kier alpha value is -2.50. The first-order valence-electron chi connectivity index (χ1n) is 7.31. The molecule has 1 amide bonds. The van der Waals surface area contributed by atoms with Crippen molar-refractivity contribution in [3.05, 3.63) is 63.3 Å². The second kappa shape index (κ2) is 7.17. The summed E-state index contributed by atoms with van der Waals surface area (Å²) in [6.07, 6.45) is 1.66. The highest BCUT2D eigenvalue weighted by Gasteiger charge is 2.22. The smallest absolute Gasteiger partial charge is 0.275 e. The van der Waals surface area contributed by atoms with Crippen molar-refractivity contribution < 1.29 is 14.3 Å². The van der Waals surface area contributed by atoms with Gasteiger partial charge in [0.25, 0.3) is 5.91 Å². The van der Waals surface area contributed by atoms with Gasteiger partial charge in [-0.25, -0.2) is 4.99 Å². The number of nitrogens with one attached hydrogen (secondary N) is 1. The number of ether oxygens (including phenoxy) is 2. The molecule has 1 heterocycles. The Morgan fingerprint density at radius 1 is 1.04 bits per heavy atom. The van der Waals surface area contributed by atoms with E-state index in [4.69, 9.17) is 32.7 Å². The van der Waals surface area contributed by atoms with Crippen molar-refractivity contribution in [3.8, 4) is 11.5 Å². The summed E-state index contributed by atoms with van der Waals surface area (Å²) < 4.78 is 10.5. The summed E-state index contributed by atoms with van der Waals surface area (Å²) >= 11 is 12.1. The summed E-state index contributed by atoms with van der Waals surface area (Å²) in [6, 6.07) is 10.3. The van der Waals surface area contributed by atoms with Crippen LogP contribution in [0.5, 0.6) is 11.5 Å². The normalized spacial score (nSPS) is 15.1. The van der Waals surface area contributed by atoms with Crippen molar-refractivity contribution in [3.63, 3.8) is 0 Å². The number of aliphatic imine (C=N–C) groups is 1. The molecule has 3 rings (SSSR count). The molecule has 0 fully saturated rings. The molecule has 7 heteroatoms. The number of amides is 1.